The van der Waals surface area contributed by atoms with E-state index in [2.05, 4.69) is 5.32 Å². The van der Waals surface area contributed by atoms with Crippen LogP contribution < -0.4 is 20.5 Å². The molecular formula is C16H27ClN2O3. The summed E-state index contributed by atoms with van der Waals surface area (Å²) in [6.07, 6.45) is 1.63. The highest BCUT2D eigenvalue weighted by molar-refractivity contribution is 5.96. The molecule has 0 atom stereocenters. The Hall–Kier alpha value is -1.46. The summed E-state index contributed by atoms with van der Waals surface area (Å²) in [5.74, 6) is 1.00. The maximum absolute atomic E-state index is 12.3. The molecule has 126 valence electrons. The van der Waals surface area contributed by atoms with E-state index in [1.165, 1.54) is 0 Å². The lowest BCUT2D eigenvalue weighted by Crippen LogP contribution is -2.49. The predicted molar refractivity (Wildman–Crippen MR) is 91.4 cm³/mol. The highest BCUT2D eigenvalue weighted by Crippen LogP contribution is 2.30. The van der Waals surface area contributed by atoms with Crippen LogP contribution in [0.5, 0.6) is 11.5 Å². The molecule has 6 heteroatoms. The van der Waals surface area contributed by atoms with Crippen LogP contribution in [0.4, 0.5) is 0 Å². The van der Waals surface area contributed by atoms with Crippen molar-refractivity contribution in [2.24, 2.45) is 5.73 Å². The van der Waals surface area contributed by atoms with Crippen LogP contribution >= 0.6 is 12.4 Å². The van der Waals surface area contributed by atoms with Crippen LogP contribution in [0.1, 0.15) is 42.6 Å². The number of hydrogen-bond acceptors (Lipinski definition) is 4. The van der Waals surface area contributed by atoms with Gasteiger partial charge in [0, 0.05) is 17.6 Å². The first-order valence-corrected chi connectivity index (χ1v) is 7.20. The average Bonchev–Trinajstić information content (AvgIpc) is 2.51. The fourth-order valence-corrected chi connectivity index (χ4v) is 2.08. The summed E-state index contributed by atoms with van der Waals surface area (Å²) in [4.78, 5) is 12.3. The average molecular weight is 331 g/mol. The maximum atomic E-state index is 12.3. The molecule has 3 N–H and O–H groups in total. The third-order valence-corrected chi connectivity index (χ3v) is 3.98. The maximum Gasteiger partial charge on any atom is 0.251 e. The number of carbonyl (C=O) groups is 1. The lowest BCUT2D eigenvalue weighted by Gasteiger charge is -2.27. The fourth-order valence-electron chi connectivity index (χ4n) is 2.08. The molecule has 0 saturated carbocycles. The van der Waals surface area contributed by atoms with Gasteiger partial charge in [-0.2, -0.15) is 0 Å². The molecule has 1 rings (SSSR count). The Kier molecular flexibility index (Phi) is 8.27. The summed E-state index contributed by atoms with van der Waals surface area (Å²) >= 11 is 0. The predicted octanol–water partition coefficient (Wildman–Crippen LogP) is 2.68. The molecule has 0 unspecified atom stereocenters. The first-order valence-electron chi connectivity index (χ1n) is 7.20. The summed E-state index contributed by atoms with van der Waals surface area (Å²) < 4.78 is 10.5. The van der Waals surface area contributed by atoms with Crippen molar-refractivity contribution in [3.05, 3.63) is 23.3 Å². The van der Waals surface area contributed by atoms with Crippen molar-refractivity contribution in [1.29, 1.82) is 0 Å². The lowest BCUT2D eigenvalue weighted by molar-refractivity contribution is 0.0941. The standard InChI is InChI=1S/C16H26N2O3.ClH/c1-6-16(17,7-2)10-18-15(19)12-9-14(21-5)13(20-4)8-11(12)3;/h8-9H,6-7,10,17H2,1-5H3,(H,18,19);1H. The van der Waals surface area contributed by atoms with Crippen LogP contribution in [-0.4, -0.2) is 32.2 Å². The lowest BCUT2D eigenvalue weighted by atomic mass is 9.94. The van der Waals surface area contributed by atoms with Gasteiger partial charge < -0.3 is 20.5 Å². The second-order valence-electron chi connectivity index (χ2n) is 5.27. The van der Waals surface area contributed by atoms with Crippen LogP contribution in [0.3, 0.4) is 0 Å². The number of nitrogens with one attached hydrogen (secondary N) is 1. The van der Waals surface area contributed by atoms with Gasteiger partial charge in [-0.05, 0) is 37.5 Å². The van der Waals surface area contributed by atoms with E-state index < -0.39 is 0 Å². The van der Waals surface area contributed by atoms with E-state index in [1.54, 1.807) is 26.4 Å². The molecule has 0 fully saturated rings. The van der Waals surface area contributed by atoms with Crippen LogP contribution in [0.2, 0.25) is 0 Å². The zero-order valence-corrected chi connectivity index (χ0v) is 14.8. The van der Waals surface area contributed by atoms with E-state index in [1.807, 2.05) is 20.8 Å². The van der Waals surface area contributed by atoms with Crippen molar-refractivity contribution in [3.8, 4) is 11.5 Å². The van der Waals surface area contributed by atoms with Crippen LogP contribution in [-0.2, 0) is 0 Å². The Labute approximate surface area is 139 Å². The van der Waals surface area contributed by atoms with Crippen molar-refractivity contribution in [2.45, 2.75) is 39.2 Å². The molecule has 0 bridgehead atoms. The topological polar surface area (TPSA) is 73.6 Å². The second kappa shape index (κ2) is 8.86. The highest BCUT2D eigenvalue weighted by atomic mass is 35.5. The van der Waals surface area contributed by atoms with Crippen molar-refractivity contribution < 1.29 is 14.3 Å². The molecule has 0 saturated heterocycles. The van der Waals surface area contributed by atoms with Crippen LogP contribution in [0.15, 0.2) is 12.1 Å². The van der Waals surface area contributed by atoms with E-state index in [-0.39, 0.29) is 23.9 Å². The Balaban J connectivity index is 0.00000441. The van der Waals surface area contributed by atoms with Gasteiger partial charge in [-0.25, -0.2) is 0 Å². The number of nitrogens with two attached hydrogens (primary N) is 1. The first kappa shape index (κ1) is 20.5. The largest absolute Gasteiger partial charge is 0.493 e. The Morgan fingerprint density at radius 2 is 1.68 bits per heavy atom. The minimum Gasteiger partial charge on any atom is -0.493 e. The Bertz CT molecular complexity index is 502. The van der Waals surface area contributed by atoms with Crippen molar-refractivity contribution >= 4 is 18.3 Å². The van der Waals surface area contributed by atoms with Gasteiger partial charge >= 0.3 is 0 Å². The third kappa shape index (κ3) is 4.78. The normalized spacial score (nSPS) is 10.6. The first-order chi connectivity index (χ1) is 9.90. The van der Waals surface area contributed by atoms with Gasteiger partial charge in [0.2, 0.25) is 0 Å². The number of hydrogen-bond donors (Lipinski definition) is 2. The van der Waals surface area contributed by atoms with Crippen LogP contribution in [0, 0.1) is 6.92 Å². The highest BCUT2D eigenvalue weighted by Gasteiger charge is 2.22. The molecule has 0 aliphatic carbocycles. The molecule has 0 aliphatic rings. The van der Waals surface area contributed by atoms with Gasteiger partial charge in [0.25, 0.3) is 5.91 Å². The zero-order chi connectivity index (χ0) is 16.0. The molecule has 0 radical (unpaired) electrons. The van der Waals surface area contributed by atoms with Gasteiger partial charge in [-0.15, -0.1) is 12.4 Å². The summed E-state index contributed by atoms with van der Waals surface area (Å²) in [5.41, 5.74) is 7.25. The van der Waals surface area contributed by atoms with Gasteiger partial charge in [0.15, 0.2) is 11.5 Å². The molecule has 0 aromatic heterocycles. The van der Waals surface area contributed by atoms with E-state index in [9.17, 15) is 4.79 Å². The number of methoxy groups -OCH3 is 2. The van der Waals surface area contributed by atoms with Gasteiger partial charge in [-0.3, -0.25) is 4.79 Å². The second-order valence-corrected chi connectivity index (χ2v) is 5.27. The molecule has 1 amide bonds. The number of aryl methyl sites for hydroxylation is 1. The summed E-state index contributed by atoms with van der Waals surface area (Å²) in [6.45, 7) is 6.37. The van der Waals surface area contributed by atoms with Crippen molar-refractivity contribution in [3.63, 3.8) is 0 Å². The minimum absolute atomic E-state index is 0. The molecule has 1 aromatic rings. The fraction of sp³-hybridized carbons (Fsp3) is 0.562. The molecule has 5 nitrogen and oxygen atoms in total. The van der Waals surface area contributed by atoms with Crippen LogP contribution in [0.25, 0.3) is 0 Å². The number of benzene rings is 1. The van der Waals surface area contributed by atoms with Crippen molar-refractivity contribution in [2.75, 3.05) is 20.8 Å². The van der Waals surface area contributed by atoms with Gasteiger partial charge in [-0.1, -0.05) is 13.8 Å². The zero-order valence-electron chi connectivity index (χ0n) is 14.0. The van der Waals surface area contributed by atoms with E-state index >= 15 is 0 Å². The number of halogens is 1. The SMILES string of the molecule is CCC(N)(CC)CNC(=O)c1cc(OC)c(OC)cc1C.Cl. The quantitative estimate of drug-likeness (QED) is 0.806. The number of amides is 1. The van der Waals surface area contributed by atoms with Gasteiger partial charge in [0.05, 0.1) is 14.2 Å². The molecular weight excluding hydrogens is 304 g/mol. The molecule has 22 heavy (non-hydrogen) atoms. The summed E-state index contributed by atoms with van der Waals surface area (Å²) in [5, 5.41) is 2.91. The number of ether oxygens (including phenoxy) is 2. The minimum atomic E-state index is -0.361. The van der Waals surface area contributed by atoms with Crippen molar-refractivity contribution in [1.82, 2.24) is 5.32 Å². The molecule has 1 aromatic carbocycles. The molecule has 0 heterocycles. The van der Waals surface area contributed by atoms with E-state index in [0.717, 1.165) is 18.4 Å². The third-order valence-electron chi connectivity index (χ3n) is 3.98. The van der Waals surface area contributed by atoms with E-state index in [4.69, 9.17) is 15.2 Å². The van der Waals surface area contributed by atoms with E-state index in [0.29, 0.717) is 23.6 Å². The smallest absolute Gasteiger partial charge is 0.251 e. The van der Waals surface area contributed by atoms with Gasteiger partial charge in [0.1, 0.15) is 0 Å². The Morgan fingerprint density at radius 1 is 1.18 bits per heavy atom. The number of rotatable bonds is 7. The summed E-state index contributed by atoms with van der Waals surface area (Å²) in [7, 11) is 3.12. The molecule has 0 aliphatic heterocycles. The Morgan fingerprint density at radius 3 is 2.14 bits per heavy atom. The monoisotopic (exact) mass is 330 g/mol. The summed E-state index contributed by atoms with van der Waals surface area (Å²) in [6, 6.07) is 3.49. The number of carbonyl (C=O) groups excluding carboxylic acids is 1. The molecule has 0 spiro atoms.